The fourth-order valence-corrected chi connectivity index (χ4v) is 1.74. The van der Waals surface area contributed by atoms with E-state index in [1.165, 1.54) is 5.56 Å². The Kier molecular flexibility index (Phi) is 4.07. The van der Waals surface area contributed by atoms with Gasteiger partial charge in [-0.3, -0.25) is 0 Å². The van der Waals surface area contributed by atoms with Crippen LogP contribution in [0.1, 0.15) is 12.5 Å². The SMILES string of the molecule is CCOc1ccc(NCc2cccc(N)c2)cc1. The van der Waals surface area contributed by atoms with Crippen LogP contribution >= 0.6 is 0 Å². The van der Waals surface area contributed by atoms with Crippen LogP contribution in [0.4, 0.5) is 11.4 Å². The molecule has 0 aliphatic rings. The van der Waals surface area contributed by atoms with Crippen molar-refractivity contribution in [1.82, 2.24) is 0 Å². The Labute approximate surface area is 108 Å². The maximum atomic E-state index is 5.74. The van der Waals surface area contributed by atoms with Gasteiger partial charge in [-0.2, -0.15) is 0 Å². The zero-order valence-corrected chi connectivity index (χ0v) is 10.5. The molecule has 3 N–H and O–H groups in total. The summed E-state index contributed by atoms with van der Waals surface area (Å²) in [5.74, 6) is 0.895. The number of hydrogen-bond acceptors (Lipinski definition) is 3. The molecular formula is C15H18N2O. The van der Waals surface area contributed by atoms with E-state index < -0.39 is 0 Å². The standard InChI is InChI=1S/C15H18N2O/c1-2-18-15-8-6-14(7-9-15)17-11-12-4-3-5-13(16)10-12/h3-10,17H,2,11,16H2,1H3. The first kappa shape index (κ1) is 12.3. The van der Waals surface area contributed by atoms with E-state index in [9.17, 15) is 0 Å². The Morgan fingerprint density at radius 2 is 1.89 bits per heavy atom. The fraction of sp³-hybridized carbons (Fsp3) is 0.200. The Balaban J connectivity index is 1.93. The molecular weight excluding hydrogens is 224 g/mol. The molecule has 3 nitrogen and oxygen atoms in total. The lowest BCUT2D eigenvalue weighted by atomic mass is 10.2. The summed E-state index contributed by atoms with van der Waals surface area (Å²) < 4.78 is 5.40. The molecule has 0 saturated carbocycles. The molecule has 0 heterocycles. The van der Waals surface area contributed by atoms with E-state index in [0.29, 0.717) is 6.61 Å². The normalized spacial score (nSPS) is 10.1. The molecule has 94 valence electrons. The molecule has 0 aliphatic heterocycles. The second-order valence-electron chi connectivity index (χ2n) is 4.06. The number of nitrogens with two attached hydrogens (primary N) is 1. The van der Waals surface area contributed by atoms with E-state index in [0.717, 1.165) is 23.7 Å². The highest BCUT2D eigenvalue weighted by atomic mass is 16.5. The fourth-order valence-electron chi connectivity index (χ4n) is 1.74. The van der Waals surface area contributed by atoms with E-state index in [4.69, 9.17) is 10.5 Å². The molecule has 0 saturated heterocycles. The van der Waals surface area contributed by atoms with Gasteiger partial charge in [0.1, 0.15) is 5.75 Å². The molecule has 0 spiro atoms. The van der Waals surface area contributed by atoms with Gasteiger partial charge in [-0.25, -0.2) is 0 Å². The van der Waals surface area contributed by atoms with Crippen LogP contribution in [0.5, 0.6) is 5.75 Å². The number of anilines is 2. The Bertz CT molecular complexity index is 494. The molecule has 0 unspecified atom stereocenters. The van der Waals surface area contributed by atoms with Crippen LogP contribution in [0.25, 0.3) is 0 Å². The minimum Gasteiger partial charge on any atom is -0.494 e. The van der Waals surface area contributed by atoms with Crippen molar-refractivity contribution in [1.29, 1.82) is 0 Å². The third kappa shape index (κ3) is 3.42. The number of rotatable bonds is 5. The van der Waals surface area contributed by atoms with Gasteiger partial charge in [-0.05, 0) is 48.9 Å². The summed E-state index contributed by atoms with van der Waals surface area (Å²) in [6, 6.07) is 15.8. The smallest absolute Gasteiger partial charge is 0.119 e. The summed E-state index contributed by atoms with van der Waals surface area (Å²) in [5, 5.41) is 3.35. The number of benzene rings is 2. The van der Waals surface area contributed by atoms with E-state index in [2.05, 4.69) is 11.4 Å². The molecule has 2 aromatic rings. The second kappa shape index (κ2) is 5.96. The largest absolute Gasteiger partial charge is 0.494 e. The third-order valence-corrected chi connectivity index (χ3v) is 2.61. The van der Waals surface area contributed by atoms with Gasteiger partial charge >= 0.3 is 0 Å². The zero-order chi connectivity index (χ0) is 12.8. The lowest BCUT2D eigenvalue weighted by molar-refractivity contribution is 0.340. The molecule has 2 rings (SSSR count). The maximum absolute atomic E-state index is 5.74. The minimum atomic E-state index is 0.691. The van der Waals surface area contributed by atoms with Crippen LogP contribution in [0.2, 0.25) is 0 Å². The number of nitrogen functional groups attached to an aromatic ring is 1. The van der Waals surface area contributed by atoms with Crippen LogP contribution in [-0.4, -0.2) is 6.61 Å². The summed E-state index contributed by atoms with van der Waals surface area (Å²) in [6.07, 6.45) is 0. The third-order valence-electron chi connectivity index (χ3n) is 2.61. The van der Waals surface area contributed by atoms with Gasteiger partial charge in [0.05, 0.1) is 6.61 Å². The maximum Gasteiger partial charge on any atom is 0.119 e. The lowest BCUT2D eigenvalue weighted by Crippen LogP contribution is -2.00. The molecule has 3 heteroatoms. The van der Waals surface area contributed by atoms with Crippen molar-refractivity contribution < 1.29 is 4.74 Å². The molecule has 0 atom stereocenters. The molecule has 0 aliphatic carbocycles. The first-order chi connectivity index (χ1) is 8.78. The van der Waals surface area contributed by atoms with E-state index in [-0.39, 0.29) is 0 Å². The van der Waals surface area contributed by atoms with Crippen molar-refractivity contribution in [3.63, 3.8) is 0 Å². The average molecular weight is 242 g/mol. The van der Waals surface area contributed by atoms with E-state index >= 15 is 0 Å². The first-order valence-electron chi connectivity index (χ1n) is 6.09. The van der Waals surface area contributed by atoms with Gasteiger partial charge in [0.2, 0.25) is 0 Å². The minimum absolute atomic E-state index is 0.691. The van der Waals surface area contributed by atoms with Crippen molar-refractivity contribution in [2.24, 2.45) is 0 Å². The molecule has 0 fully saturated rings. The summed E-state index contributed by atoms with van der Waals surface area (Å²) in [7, 11) is 0. The van der Waals surface area contributed by atoms with Crippen molar-refractivity contribution in [3.05, 3.63) is 54.1 Å². The van der Waals surface area contributed by atoms with Crippen LogP contribution in [-0.2, 0) is 6.54 Å². The summed E-state index contributed by atoms with van der Waals surface area (Å²) in [6.45, 7) is 3.43. The van der Waals surface area contributed by atoms with Crippen LogP contribution in [0, 0.1) is 0 Å². The topological polar surface area (TPSA) is 47.3 Å². The number of ether oxygens (including phenoxy) is 1. The van der Waals surface area contributed by atoms with Gasteiger partial charge in [0.25, 0.3) is 0 Å². The van der Waals surface area contributed by atoms with Gasteiger partial charge in [-0.1, -0.05) is 12.1 Å². The zero-order valence-electron chi connectivity index (χ0n) is 10.5. The number of nitrogens with one attached hydrogen (secondary N) is 1. The Morgan fingerprint density at radius 3 is 2.56 bits per heavy atom. The quantitative estimate of drug-likeness (QED) is 0.791. The molecule has 0 amide bonds. The number of hydrogen-bond donors (Lipinski definition) is 2. The highest BCUT2D eigenvalue weighted by Crippen LogP contribution is 2.16. The van der Waals surface area contributed by atoms with Gasteiger partial charge in [0, 0.05) is 17.9 Å². The summed E-state index contributed by atoms with van der Waals surface area (Å²) in [4.78, 5) is 0. The molecule has 18 heavy (non-hydrogen) atoms. The molecule has 2 aromatic carbocycles. The Morgan fingerprint density at radius 1 is 1.11 bits per heavy atom. The van der Waals surface area contributed by atoms with E-state index in [1.54, 1.807) is 0 Å². The van der Waals surface area contributed by atoms with Crippen molar-refractivity contribution in [2.45, 2.75) is 13.5 Å². The summed E-state index contributed by atoms with van der Waals surface area (Å²) >= 11 is 0. The van der Waals surface area contributed by atoms with Gasteiger partial charge in [-0.15, -0.1) is 0 Å². The van der Waals surface area contributed by atoms with Crippen LogP contribution < -0.4 is 15.8 Å². The summed E-state index contributed by atoms with van der Waals surface area (Å²) in [5.41, 5.74) is 8.77. The predicted octanol–water partition coefficient (Wildman–Crippen LogP) is 3.28. The van der Waals surface area contributed by atoms with E-state index in [1.807, 2.05) is 49.4 Å². The van der Waals surface area contributed by atoms with Crippen molar-refractivity contribution in [2.75, 3.05) is 17.7 Å². The second-order valence-corrected chi connectivity index (χ2v) is 4.06. The highest BCUT2D eigenvalue weighted by molar-refractivity contribution is 5.48. The highest BCUT2D eigenvalue weighted by Gasteiger charge is 1.96. The first-order valence-corrected chi connectivity index (χ1v) is 6.09. The Hall–Kier alpha value is -2.16. The molecule has 0 aromatic heterocycles. The van der Waals surface area contributed by atoms with Crippen molar-refractivity contribution in [3.8, 4) is 5.75 Å². The predicted molar refractivity (Wildman–Crippen MR) is 75.8 cm³/mol. The van der Waals surface area contributed by atoms with Gasteiger partial charge < -0.3 is 15.8 Å². The lowest BCUT2D eigenvalue weighted by Gasteiger charge is -2.08. The van der Waals surface area contributed by atoms with Crippen LogP contribution in [0.3, 0.4) is 0 Å². The van der Waals surface area contributed by atoms with Crippen molar-refractivity contribution >= 4 is 11.4 Å². The monoisotopic (exact) mass is 242 g/mol. The molecule has 0 bridgehead atoms. The molecule has 0 radical (unpaired) electrons. The van der Waals surface area contributed by atoms with Crippen LogP contribution in [0.15, 0.2) is 48.5 Å². The average Bonchev–Trinajstić information content (AvgIpc) is 2.38. The van der Waals surface area contributed by atoms with Gasteiger partial charge in [0.15, 0.2) is 0 Å².